The van der Waals surface area contributed by atoms with Crippen LogP contribution in [-0.2, 0) is 0 Å². The van der Waals surface area contributed by atoms with Crippen molar-refractivity contribution in [2.75, 3.05) is 0 Å². The SMILES string of the molecule is CC(=O)c1cnn(-c2cc(=O)[nH]c3ccc(C)cc23)c1C. The Kier molecular flexibility index (Phi) is 2.97. The van der Waals surface area contributed by atoms with Gasteiger partial charge < -0.3 is 4.98 Å². The number of carbonyl (C=O) groups is 1. The van der Waals surface area contributed by atoms with Crippen LogP contribution in [0.3, 0.4) is 0 Å². The van der Waals surface area contributed by atoms with Gasteiger partial charge in [-0.2, -0.15) is 5.10 Å². The number of benzene rings is 1. The lowest BCUT2D eigenvalue weighted by Gasteiger charge is -2.09. The van der Waals surface area contributed by atoms with Crippen LogP contribution in [0.5, 0.6) is 0 Å². The number of aromatic nitrogens is 3. The molecule has 5 heteroatoms. The molecule has 106 valence electrons. The molecular formula is C16H15N3O2. The van der Waals surface area contributed by atoms with Crippen LogP contribution in [0.25, 0.3) is 16.6 Å². The molecule has 0 aliphatic rings. The number of aromatic amines is 1. The van der Waals surface area contributed by atoms with Gasteiger partial charge in [-0.05, 0) is 32.9 Å². The van der Waals surface area contributed by atoms with Gasteiger partial charge in [-0.15, -0.1) is 0 Å². The molecule has 0 bridgehead atoms. The van der Waals surface area contributed by atoms with Gasteiger partial charge >= 0.3 is 0 Å². The zero-order chi connectivity index (χ0) is 15.1. The van der Waals surface area contributed by atoms with Crippen molar-refractivity contribution in [2.24, 2.45) is 0 Å². The van der Waals surface area contributed by atoms with E-state index in [0.717, 1.165) is 22.2 Å². The first-order valence-electron chi connectivity index (χ1n) is 6.67. The Hall–Kier alpha value is -2.69. The second-order valence-electron chi connectivity index (χ2n) is 5.18. The number of hydrogen-bond donors (Lipinski definition) is 1. The fourth-order valence-corrected chi connectivity index (χ4v) is 2.52. The average molecular weight is 281 g/mol. The molecule has 0 amide bonds. The van der Waals surface area contributed by atoms with Crippen LogP contribution in [0.4, 0.5) is 0 Å². The van der Waals surface area contributed by atoms with Crippen LogP contribution in [0.2, 0.25) is 0 Å². The van der Waals surface area contributed by atoms with Crippen molar-refractivity contribution in [2.45, 2.75) is 20.8 Å². The molecule has 0 saturated carbocycles. The number of carbonyl (C=O) groups excluding carboxylic acids is 1. The monoisotopic (exact) mass is 281 g/mol. The van der Waals surface area contributed by atoms with E-state index in [9.17, 15) is 9.59 Å². The molecule has 2 aromatic heterocycles. The molecule has 21 heavy (non-hydrogen) atoms. The average Bonchev–Trinajstić information content (AvgIpc) is 2.80. The van der Waals surface area contributed by atoms with Crippen molar-refractivity contribution >= 4 is 16.7 Å². The molecule has 5 nitrogen and oxygen atoms in total. The molecule has 1 aromatic carbocycles. The molecule has 0 unspecified atom stereocenters. The highest BCUT2D eigenvalue weighted by atomic mass is 16.1. The Morgan fingerprint density at radius 1 is 1.24 bits per heavy atom. The maximum Gasteiger partial charge on any atom is 0.250 e. The van der Waals surface area contributed by atoms with Crippen LogP contribution >= 0.6 is 0 Å². The van der Waals surface area contributed by atoms with Crippen molar-refractivity contribution in [3.05, 3.63) is 57.6 Å². The van der Waals surface area contributed by atoms with E-state index in [-0.39, 0.29) is 11.3 Å². The second-order valence-corrected chi connectivity index (χ2v) is 5.18. The smallest absolute Gasteiger partial charge is 0.250 e. The van der Waals surface area contributed by atoms with Crippen LogP contribution in [-0.4, -0.2) is 20.5 Å². The highest BCUT2D eigenvalue weighted by Gasteiger charge is 2.14. The van der Waals surface area contributed by atoms with Gasteiger partial charge in [0.05, 0.1) is 28.7 Å². The molecule has 0 aliphatic heterocycles. The van der Waals surface area contributed by atoms with E-state index in [1.54, 1.807) is 10.9 Å². The van der Waals surface area contributed by atoms with Crippen LogP contribution in [0, 0.1) is 13.8 Å². The summed E-state index contributed by atoms with van der Waals surface area (Å²) in [6.07, 6.45) is 1.54. The third-order valence-electron chi connectivity index (χ3n) is 3.59. The van der Waals surface area contributed by atoms with Gasteiger partial charge in [0.15, 0.2) is 5.78 Å². The maximum atomic E-state index is 11.9. The van der Waals surface area contributed by atoms with E-state index in [0.29, 0.717) is 11.3 Å². The van der Waals surface area contributed by atoms with E-state index >= 15 is 0 Å². The predicted molar refractivity (Wildman–Crippen MR) is 81.2 cm³/mol. The van der Waals surface area contributed by atoms with E-state index in [2.05, 4.69) is 10.1 Å². The summed E-state index contributed by atoms with van der Waals surface area (Å²) in [6, 6.07) is 7.32. The fraction of sp³-hybridized carbons (Fsp3) is 0.188. The van der Waals surface area contributed by atoms with Crippen molar-refractivity contribution in [3.63, 3.8) is 0 Å². The molecule has 0 spiro atoms. The molecule has 0 saturated heterocycles. The Morgan fingerprint density at radius 3 is 2.67 bits per heavy atom. The minimum absolute atomic E-state index is 0.0379. The van der Waals surface area contributed by atoms with Gasteiger partial charge in [0.2, 0.25) is 0 Å². The number of fused-ring (bicyclic) bond motifs is 1. The molecular weight excluding hydrogens is 266 g/mol. The van der Waals surface area contributed by atoms with Crippen LogP contribution in [0.15, 0.2) is 35.3 Å². The number of rotatable bonds is 2. The molecule has 0 atom stereocenters. The Morgan fingerprint density at radius 2 is 2.00 bits per heavy atom. The topological polar surface area (TPSA) is 67.8 Å². The first-order chi connectivity index (χ1) is 9.97. The summed E-state index contributed by atoms with van der Waals surface area (Å²) in [5.74, 6) is -0.0379. The number of H-pyrrole nitrogens is 1. The Labute approximate surface area is 121 Å². The molecule has 1 N–H and O–H groups in total. The number of aryl methyl sites for hydroxylation is 1. The van der Waals surface area contributed by atoms with E-state index in [4.69, 9.17) is 0 Å². The lowest BCUT2D eigenvalue weighted by Crippen LogP contribution is -2.10. The summed E-state index contributed by atoms with van der Waals surface area (Å²) < 4.78 is 1.65. The highest BCUT2D eigenvalue weighted by Crippen LogP contribution is 2.22. The van der Waals surface area contributed by atoms with Gasteiger partial charge in [-0.25, -0.2) is 4.68 Å². The summed E-state index contributed by atoms with van der Waals surface area (Å²) in [4.78, 5) is 26.2. The number of nitrogens with zero attached hydrogens (tertiary/aromatic N) is 2. The quantitative estimate of drug-likeness (QED) is 0.734. The standard InChI is InChI=1S/C16H15N3O2/c1-9-4-5-14-12(6-9)15(7-16(21)18-14)19-10(2)13(8-17-19)11(3)20/h4-8H,1-3H3,(H,18,21). The van der Waals surface area contributed by atoms with Gasteiger partial charge in [-0.3, -0.25) is 9.59 Å². The maximum absolute atomic E-state index is 11.9. The summed E-state index contributed by atoms with van der Waals surface area (Å²) >= 11 is 0. The number of pyridine rings is 1. The summed E-state index contributed by atoms with van der Waals surface area (Å²) in [5.41, 5.74) is 3.63. The lowest BCUT2D eigenvalue weighted by molar-refractivity contribution is 0.101. The van der Waals surface area contributed by atoms with Gasteiger partial charge in [0.1, 0.15) is 0 Å². The van der Waals surface area contributed by atoms with E-state index in [1.807, 2.05) is 32.0 Å². The first-order valence-corrected chi connectivity index (χ1v) is 6.67. The lowest BCUT2D eigenvalue weighted by atomic mass is 10.1. The number of ketones is 1. The van der Waals surface area contributed by atoms with Gasteiger partial charge in [0, 0.05) is 11.5 Å². The van der Waals surface area contributed by atoms with Crippen molar-refractivity contribution in [1.29, 1.82) is 0 Å². The summed E-state index contributed by atoms with van der Waals surface area (Å²) in [5, 5.41) is 5.17. The molecule has 0 fully saturated rings. The molecule has 0 radical (unpaired) electrons. The van der Waals surface area contributed by atoms with Crippen LogP contribution < -0.4 is 5.56 Å². The third kappa shape index (κ3) is 2.16. The summed E-state index contributed by atoms with van der Waals surface area (Å²) in [6.45, 7) is 5.33. The highest BCUT2D eigenvalue weighted by molar-refractivity contribution is 5.95. The largest absolute Gasteiger partial charge is 0.322 e. The number of hydrogen-bond acceptors (Lipinski definition) is 3. The number of nitrogens with one attached hydrogen (secondary N) is 1. The van der Waals surface area contributed by atoms with Crippen LogP contribution in [0.1, 0.15) is 28.5 Å². The Bertz CT molecular complexity index is 919. The molecule has 2 heterocycles. The molecule has 3 rings (SSSR count). The van der Waals surface area contributed by atoms with Crippen molar-refractivity contribution < 1.29 is 4.79 Å². The molecule has 3 aromatic rings. The third-order valence-corrected chi connectivity index (χ3v) is 3.59. The normalized spacial score (nSPS) is 11.0. The summed E-state index contributed by atoms with van der Waals surface area (Å²) in [7, 11) is 0. The Balaban J connectivity index is 2.37. The minimum atomic E-state index is -0.194. The first kappa shape index (κ1) is 13.3. The van der Waals surface area contributed by atoms with E-state index in [1.165, 1.54) is 13.0 Å². The van der Waals surface area contributed by atoms with Gasteiger partial charge in [0.25, 0.3) is 5.56 Å². The van der Waals surface area contributed by atoms with Crippen molar-refractivity contribution in [3.8, 4) is 5.69 Å². The van der Waals surface area contributed by atoms with E-state index < -0.39 is 0 Å². The number of Topliss-reactive ketones (excluding diaryl/α,β-unsaturated/α-hetero) is 1. The van der Waals surface area contributed by atoms with Gasteiger partial charge in [-0.1, -0.05) is 11.6 Å². The molecule has 0 aliphatic carbocycles. The zero-order valence-electron chi connectivity index (χ0n) is 12.1. The minimum Gasteiger partial charge on any atom is -0.322 e. The second kappa shape index (κ2) is 4.70. The fourth-order valence-electron chi connectivity index (χ4n) is 2.52. The predicted octanol–water partition coefficient (Wildman–Crippen LogP) is 2.53. The van der Waals surface area contributed by atoms with Crippen molar-refractivity contribution in [1.82, 2.24) is 14.8 Å². The zero-order valence-corrected chi connectivity index (χ0v) is 12.1.